The Balaban J connectivity index is 2.43. The molecule has 0 aliphatic carbocycles. The van der Waals surface area contributed by atoms with Crippen LogP contribution in [0.25, 0.3) is 11.3 Å². The van der Waals surface area contributed by atoms with E-state index in [2.05, 4.69) is 10.1 Å². The third-order valence-electron chi connectivity index (χ3n) is 1.52. The second kappa shape index (κ2) is 2.60. The molecule has 0 aromatic carbocycles. The van der Waals surface area contributed by atoms with Crippen LogP contribution in [0, 0.1) is 0 Å². The maximum absolute atomic E-state index is 5.50. The van der Waals surface area contributed by atoms with E-state index < -0.39 is 0 Å². The third-order valence-corrected chi connectivity index (χ3v) is 2.20. The molecule has 62 valence electrons. The normalized spacial score (nSPS) is 10.4. The van der Waals surface area contributed by atoms with E-state index in [0.717, 1.165) is 11.3 Å². The molecule has 2 aromatic heterocycles. The highest BCUT2D eigenvalue weighted by atomic mass is 32.1. The maximum atomic E-state index is 5.50. The molecular weight excluding hydrogens is 172 g/mol. The number of hydrogen-bond acceptors (Lipinski definition) is 4. The van der Waals surface area contributed by atoms with Crippen LogP contribution < -0.4 is 5.73 Å². The van der Waals surface area contributed by atoms with E-state index in [1.807, 2.05) is 18.6 Å². The molecule has 4 nitrogen and oxygen atoms in total. The topological polar surface area (TPSA) is 56.7 Å². The molecule has 0 amide bonds. The second-order valence-electron chi connectivity index (χ2n) is 2.47. The van der Waals surface area contributed by atoms with Crippen molar-refractivity contribution in [3.63, 3.8) is 0 Å². The van der Waals surface area contributed by atoms with E-state index in [1.54, 1.807) is 10.9 Å². The molecule has 12 heavy (non-hydrogen) atoms. The zero-order chi connectivity index (χ0) is 8.55. The smallest absolute Gasteiger partial charge is 0.180 e. The average Bonchev–Trinajstić information content (AvgIpc) is 2.58. The predicted molar refractivity (Wildman–Crippen MR) is 48.7 cm³/mol. The van der Waals surface area contributed by atoms with Crippen LogP contribution in [0.1, 0.15) is 0 Å². The number of thiazole rings is 1. The molecule has 2 aromatic rings. The summed E-state index contributed by atoms with van der Waals surface area (Å²) >= 11 is 1.44. The van der Waals surface area contributed by atoms with E-state index in [4.69, 9.17) is 5.73 Å². The van der Waals surface area contributed by atoms with Crippen molar-refractivity contribution < 1.29 is 0 Å². The van der Waals surface area contributed by atoms with Crippen molar-refractivity contribution in [2.75, 3.05) is 5.73 Å². The first kappa shape index (κ1) is 7.30. The summed E-state index contributed by atoms with van der Waals surface area (Å²) in [6.07, 6.45) is 3.68. The van der Waals surface area contributed by atoms with Gasteiger partial charge in [0.25, 0.3) is 0 Å². The highest BCUT2D eigenvalue weighted by Gasteiger charge is 2.03. The highest BCUT2D eigenvalue weighted by molar-refractivity contribution is 7.13. The van der Waals surface area contributed by atoms with Gasteiger partial charge in [0.1, 0.15) is 0 Å². The van der Waals surface area contributed by atoms with Gasteiger partial charge in [0, 0.05) is 24.2 Å². The van der Waals surface area contributed by atoms with Crippen LogP contribution in [0.5, 0.6) is 0 Å². The van der Waals surface area contributed by atoms with Crippen molar-refractivity contribution in [3.05, 3.63) is 17.8 Å². The van der Waals surface area contributed by atoms with Crippen LogP contribution in [-0.2, 0) is 7.05 Å². The van der Waals surface area contributed by atoms with Crippen LogP contribution in [0.4, 0.5) is 5.13 Å². The molecule has 0 spiro atoms. The monoisotopic (exact) mass is 180 g/mol. The summed E-state index contributed by atoms with van der Waals surface area (Å²) in [5.41, 5.74) is 7.40. The zero-order valence-corrected chi connectivity index (χ0v) is 7.38. The summed E-state index contributed by atoms with van der Waals surface area (Å²) in [5.74, 6) is 0. The van der Waals surface area contributed by atoms with Gasteiger partial charge in [-0.15, -0.1) is 11.3 Å². The Kier molecular flexibility index (Phi) is 1.58. The Labute approximate surface area is 73.7 Å². The molecule has 0 fully saturated rings. The standard InChI is InChI=1S/C7H8N4S/c1-11-3-5(2-9-11)6-4-12-7(8)10-6/h2-4H,1H3,(H2,8,10). The number of rotatable bonds is 1. The summed E-state index contributed by atoms with van der Waals surface area (Å²) in [5, 5.41) is 6.56. The molecule has 0 saturated heterocycles. The highest BCUT2D eigenvalue weighted by Crippen LogP contribution is 2.21. The fraction of sp³-hybridized carbons (Fsp3) is 0.143. The molecule has 0 aliphatic heterocycles. The van der Waals surface area contributed by atoms with Crippen LogP contribution in [0.2, 0.25) is 0 Å². The van der Waals surface area contributed by atoms with Gasteiger partial charge in [-0.3, -0.25) is 4.68 Å². The Hall–Kier alpha value is -1.36. The minimum Gasteiger partial charge on any atom is -0.375 e. The van der Waals surface area contributed by atoms with Gasteiger partial charge >= 0.3 is 0 Å². The van der Waals surface area contributed by atoms with Gasteiger partial charge < -0.3 is 5.73 Å². The molecule has 0 bridgehead atoms. The fourth-order valence-corrected chi connectivity index (χ4v) is 1.55. The first-order valence-electron chi connectivity index (χ1n) is 3.46. The van der Waals surface area contributed by atoms with Crippen molar-refractivity contribution in [1.29, 1.82) is 0 Å². The zero-order valence-electron chi connectivity index (χ0n) is 6.56. The fourth-order valence-electron chi connectivity index (χ4n) is 0.974. The SMILES string of the molecule is Cn1cc(-c2csc(N)n2)cn1. The van der Waals surface area contributed by atoms with Crippen molar-refractivity contribution in [3.8, 4) is 11.3 Å². The van der Waals surface area contributed by atoms with E-state index in [-0.39, 0.29) is 0 Å². The van der Waals surface area contributed by atoms with E-state index in [0.29, 0.717) is 5.13 Å². The van der Waals surface area contributed by atoms with E-state index in [1.165, 1.54) is 11.3 Å². The number of aromatic nitrogens is 3. The predicted octanol–water partition coefficient (Wildman–Crippen LogP) is 1.13. The molecule has 0 unspecified atom stereocenters. The third kappa shape index (κ3) is 1.18. The Morgan fingerprint density at radius 2 is 2.42 bits per heavy atom. The lowest BCUT2D eigenvalue weighted by Crippen LogP contribution is -1.84. The Morgan fingerprint density at radius 3 is 2.92 bits per heavy atom. The first-order chi connectivity index (χ1) is 5.75. The molecule has 0 aliphatic rings. The van der Waals surface area contributed by atoms with Crippen molar-refractivity contribution in [2.24, 2.45) is 7.05 Å². The van der Waals surface area contributed by atoms with Gasteiger partial charge in [0.2, 0.25) is 0 Å². The van der Waals surface area contributed by atoms with Gasteiger partial charge in [-0.25, -0.2) is 4.98 Å². The van der Waals surface area contributed by atoms with Gasteiger partial charge in [-0.05, 0) is 0 Å². The van der Waals surface area contributed by atoms with E-state index >= 15 is 0 Å². The minimum absolute atomic E-state index is 0.592. The van der Waals surface area contributed by atoms with Crippen LogP contribution in [0.15, 0.2) is 17.8 Å². The summed E-state index contributed by atoms with van der Waals surface area (Å²) in [6, 6.07) is 0. The summed E-state index contributed by atoms with van der Waals surface area (Å²) < 4.78 is 1.74. The first-order valence-corrected chi connectivity index (χ1v) is 4.34. The average molecular weight is 180 g/mol. The summed E-state index contributed by atoms with van der Waals surface area (Å²) in [6.45, 7) is 0. The van der Waals surface area contributed by atoms with Crippen LogP contribution in [0.3, 0.4) is 0 Å². The number of nitrogens with zero attached hydrogens (tertiary/aromatic N) is 3. The second-order valence-corrected chi connectivity index (χ2v) is 3.36. The number of hydrogen-bond donors (Lipinski definition) is 1. The van der Waals surface area contributed by atoms with E-state index in [9.17, 15) is 0 Å². The van der Waals surface area contributed by atoms with Gasteiger partial charge in [0.15, 0.2) is 5.13 Å². The Morgan fingerprint density at radius 1 is 1.58 bits per heavy atom. The molecule has 5 heteroatoms. The molecule has 2 rings (SSSR count). The lowest BCUT2D eigenvalue weighted by atomic mass is 10.3. The number of anilines is 1. The lowest BCUT2D eigenvalue weighted by molar-refractivity contribution is 0.768. The molecule has 2 N–H and O–H groups in total. The molecular formula is C7H8N4S. The van der Waals surface area contributed by atoms with Gasteiger partial charge in [0.05, 0.1) is 11.9 Å². The maximum Gasteiger partial charge on any atom is 0.180 e. The largest absolute Gasteiger partial charge is 0.375 e. The van der Waals surface area contributed by atoms with Gasteiger partial charge in [-0.2, -0.15) is 5.10 Å². The van der Waals surface area contributed by atoms with Crippen LogP contribution in [-0.4, -0.2) is 14.8 Å². The number of nitrogen functional groups attached to an aromatic ring is 1. The van der Waals surface area contributed by atoms with Crippen LogP contribution >= 0.6 is 11.3 Å². The molecule has 0 atom stereocenters. The number of aryl methyl sites for hydroxylation is 1. The summed E-state index contributed by atoms with van der Waals surface area (Å²) in [7, 11) is 1.87. The summed E-state index contributed by atoms with van der Waals surface area (Å²) in [4.78, 5) is 4.14. The van der Waals surface area contributed by atoms with Crippen molar-refractivity contribution in [2.45, 2.75) is 0 Å². The number of nitrogens with two attached hydrogens (primary N) is 1. The Bertz CT molecular complexity index is 351. The molecule has 2 heterocycles. The lowest BCUT2D eigenvalue weighted by Gasteiger charge is -1.85. The van der Waals surface area contributed by atoms with Crippen molar-refractivity contribution >= 4 is 16.5 Å². The minimum atomic E-state index is 0.592. The van der Waals surface area contributed by atoms with Gasteiger partial charge in [-0.1, -0.05) is 0 Å². The quantitative estimate of drug-likeness (QED) is 0.715. The molecule has 0 radical (unpaired) electrons. The van der Waals surface area contributed by atoms with Crippen molar-refractivity contribution in [1.82, 2.24) is 14.8 Å². The molecule has 0 saturated carbocycles.